The van der Waals surface area contributed by atoms with Gasteiger partial charge >= 0.3 is 0 Å². The van der Waals surface area contributed by atoms with Crippen LogP contribution >= 0.6 is 15.9 Å². The zero-order valence-corrected chi connectivity index (χ0v) is 12.9. The van der Waals surface area contributed by atoms with Gasteiger partial charge in [0.25, 0.3) is 0 Å². The predicted octanol–water partition coefficient (Wildman–Crippen LogP) is 1.98. The second-order valence-electron chi connectivity index (χ2n) is 3.93. The largest absolute Gasteiger partial charge is 0.493 e. The third-order valence-corrected chi connectivity index (χ3v) is 2.94. The van der Waals surface area contributed by atoms with Gasteiger partial charge in [0.1, 0.15) is 5.75 Å². The minimum absolute atomic E-state index is 0.0174. The van der Waals surface area contributed by atoms with E-state index in [0.29, 0.717) is 37.7 Å². The van der Waals surface area contributed by atoms with E-state index in [4.69, 9.17) is 25.2 Å². The third-order valence-electron chi connectivity index (χ3n) is 2.45. The first-order valence-corrected chi connectivity index (χ1v) is 6.95. The first-order valence-electron chi connectivity index (χ1n) is 6.16. The van der Waals surface area contributed by atoms with Crippen molar-refractivity contribution in [1.29, 1.82) is 0 Å². The highest BCUT2D eigenvalue weighted by Crippen LogP contribution is 2.23. The lowest BCUT2D eigenvalue weighted by Crippen LogP contribution is -2.15. The molecular weight excluding hydrogens is 328 g/mol. The van der Waals surface area contributed by atoms with Gasteiger partial charge in [-0.3, -0.25) is 0 Å². The lowest BCUT2D eigenvalue weighted by molar-refractivity contribution is 0.0644. The standard InChI is InChI=1S/C13H19BrN2O4/c1-18-7-8-19-5-2-6-20-12-9-10(14)3-4-11(12)13(15)16-17/h3-4,9,17H,2,5-8H2,1H3,(H2,15,16). The number of oxime groups is 1. The van der Waals surface area contributed by atoms with Gasteiger partial charge in [-0.05, 0) is 18.2 Å². The van der Waals surface area contributed by atoms with Crippen LogP contribution in [-0.2, 0) is 9.47 Å². The number of benzene rings is 1. The number of ether oxygens (including phenoxy) is 3. The molecule has 6 nitrogen and oxygen atoms in total. The average Bonchev–Trinajstić information content (AvgIpc) is 2.45. The van der Waals surface area contributed by atoms with Crippen LogP contribution in [0.4, 0.5) is 0 Å². The number of halogens is 1. The Bertz CT molecular complexity index is 440. The van der Waals surface area contributed by atoms with Crippen LogP contribution in [0.1, 0.15) is 12.0 Å². The molecule has 0 unspecified atom stereocenters. The van der Waals surface area contributed by atoms with Crippen molar-refractivity contribution in [3.63, 3.8) is 0 Å². The average molecular weight is 347 g/mol. The Labute approximate surface area is 126 Å². The van der Waals surface area contributed by atoms with Gasteiger partial charge < -0.3 is 25.2 Å². The first kappa shape index (κ1) is 16.7. The fraction of sp³-hybridized carbons (Fsp3) is 0.462. The molecule has 20 heavy (non-hydrogen) atoms. The summed E-state index contributed by atoms with van der Waals surface area (Å²) < 4.78 is 16.7. The second-order valence-corrected chi connectivity index (χ2v) is 4.85. The Morgan fingerprint density at radius 2 is 2.10 bits per heavy atom. The van der Waals surface area contributed by atoms with Crippen LogP contribution in [0.3, 0.4) is 0 Å². The monoisotopic (exact) mass is 346 g/mol. The molecule has 0 heterocycles. The highest BCUT2D eigenvalue weighted by molar-refractivity contribution is 9.10. The summed E-state index contributed by atoms with van der Waals surface area (Å²) in [5, 5.41) is 11.7. The molecule has 1 aromatic rings. The summed E-state index contributed by atoms with van der Waals surface area (Å²) in [6, 6.07) is 5.30. The highest BCUT2D eigenvalue weighted by atomic mass is 79.9. The molecule has 0 aliphatic rings. The van der Waals surface area contributed by atoms with Gasteiger partial charge in [0.2, 0.25) is 0 Å². The van der Waals surface area contributed by atoms with Crippen LogP contribution in [0, 0.1) is 0 Å². The SMILES string of the molecule is COCCOCCCOc1cc(Br)ccc1/C(N)=N/O. The molecule has 3 N–H and O–H groups in total. The molecule has 1 aromatic carbocycles. The van der Waals surface area contributed by atoms with Crippen LogP contribution in [-0.4, -0.2) is 44.6 Å². The molecular formula is C13H19BrN2O4. The molecule has 112 valence electrons. The predicted molar refractivity (Wildman–Crippen MR) is 79.5 cm³/mol. The number of hydrogen-bond donors (Lipinski definition) is 2. The number of hydrogen-bond acceptors (Lipinski definition) is 5. The van der Waals surface area contributed by atoms with Crippen molar-refractivity contribution in [2.45, 2.75) is 6.42 Å². The summed E-state index contributed by atoms with van der Waals surface area (Å²) in [4.78, 5) is 0. The normalized spacial score (nSPS) is 11.6. The topological polar surface area (TPSA) is 86.3 Å². The van der Waals surface area contributed by atoms with Crippen LogP contribution < -0.4 is 10.5 Å². The Hall–Kier alpha value is -1.31. The van der Waals surface area contributed by atoms with Crippen molar-refractivity contribution in [3.05, 3.63) is 28.2 Å². The fourth-order valence-corrected chi connectivity index (χ4v) is 1.81. The van der Waals surface area contributed by atoms with E-state index >= 15 is 0 Å². The Kier molecular flexibility index (Phi) is 8.01. The molecule has 0 amide bonds. The van der Waals surface area contributed by atoms with Gasteiger partial charge in [0, 0.05) is 24.6 Å². The van der Waals surface area contributed by atoms with E-state index < -0.39 is 0 Å². The molecule has 0 aliphatic carbocycles. The van der Waals surface area contributed by atoms with Crippen molar-refractivity contribution in [2.75, 3.05) is 33.5 Å². The first-order chi connectivity index (χ1) is 9.69. The van der Waals surface area contributed by atoms with Crippen LogP contribution in [0.25, 0.3) is 0 Å². The molecule has 0 saturated heterocycles. The molecule has 1 rings (SSSR count). The number of amidine groups is 1. The number of nitrogens with two attached hydrogens (primary N) is 1. The van der Waals surface area contributed by atoms with Gasteiger partial charge in [0.15, 0.2) is 5.84 Å². The lowest BCUT2D eigenvalue weighted by atomic mass is 10.2. The maximum absolute atomic E-state index is 8.74. The summed E-state index contributed by atoms with van der Waals surface area (Å²) in [5.41, 5.74) is 6.15. The van der Waals surface area contributed by atoms with E-state index in [1.54, 1.807) is 25.3 Å². The van der Waals surface area contributed by atoms with Crippen molar-refractivity contribution in [2.24, 2.45) is 10.9 Å². The van der Waals surface area contributed by atoms with Gasteiger partial charge in [-0.2, -0.15) is 0 Å². The number of nitrogens with zero attached hydrogens (tertiary/aromatic N) is 1. The summed E-state index contributed by atoms with van der Waals surface area (Å²) >= 11 is 3.36. The van der Waals surface area contributed by atoms with E-state index in [1.165, 1.54) is 0 Å². The van der Waals surface area contributed by atoms with Crippen molar-refractivity contribution in [3.8, 4) is 5.75 Å². The minimum atomic E-state index is 0.0174. The zero-order valence-electron chi connectivity index (χ0n) is 11.3. The van der Waals surface area contributed by atoms with E-state index in [2.05, 4.69) is 21.1 Å². The molecule has 0 fully saturated rings. The maximum atomic E-state index is 8.74. The quantitative estimate of drug-likeness (QED) is 0.235. The smallest absolute Gasteiger partial charge is 0.173 e. The third kappa shape index (κ3) is 5.77. The summed E-state index contributed by atoms with van der Waals surface area (Å²) in [5.74, 6) is 0.579. The Balaban J connectivity index is 2.44. The number of rotatable bonds is 9. The Morgan fingerprint density at radius 3 is 2.80 bits per heavy atom. The highest BCUT2D eigenvalue weighted by Gasteiger charge is 2.09. The van der Waals surface area contributed by atoms with Crippen LogP contribution in [0.5, 0.6) is 5.75 Å². The van der Waals surface area contributed by atoms with Crippen LogP contribution in [0.2, 0.25) is 0 Å². The van der Waals surface area contributed by atoms with E-state index in [0.717, 1.165) is 10.9 Å². The molecule has 0 bridgehead atoms. The maximum Gasteiger partial charge on any atom is 0.173 e. The summed E-state index contributed by atoms with van der Waals surface area (Å²) in [6.45, 7) is 2.23. The summed E-state index contributed by atoms with van der Waals surface area (Å²) in [6.07, 6.45) is 0.742. The van der Waals surface area contributed by atoms with E-state index in [1.807, 2.05) is 0 Å². The van der Waals surface area contributed by atoms with Gasteiger partial charge in [-0.15, -0.1) is 0 Å². The van der Waals surface area contributed by atoms with E-state index in [-0.39, 0.29) is 5.84 Å². The molecule has 0 aromatic heterocycles. The van der Waals surface area contributed by atoms with Gasteiger partial charge in [-0.1, -0.05) is 21.1 Å². The lowest BCUT2D eigenvalue weighted by Gasteiger charge is -2.11. The molecule has 0 saturated carbocycles. The van der Waals surface area contributed by atoms with Crippen molar-refractivity contribution < 1.29 is 19.4 Å². The van der Waals surface area contributed by atoms with Crippen molar-refractivity contribution >= 4 is 21.8 Å². The molecule has 0 radical (unpaired) electrons. The summed E-state index contributed by atoms with van der Waals surface area (Å²) in [7, 11) is 1.63. The van der Waals surface area contributed by atoms with Gasteiger partial charge in [-0.25, -0.2) is 0 Å². The Morgan fingerprint density at radius 1 is 1.30 bits per heavy atom. The zero-order chi connectivity index (χ0) is 14.8. The van der Waals surface area contributed by atoms with Crippen molar-refractivity contribution in [1.82, 2.24) is 0 Å². The molecule has 0 aliphatic heterocycles. The molecule has 7 heteroatoms. The molecule has 0 spiro atoms. The van der Waals surface area contributed by atoms with Crippen LogP contribution in [0.15, 0.2) is 27.8 Å². The number of methoxy groups -OCH3 is 1. The fourth-order valence-electron chi connectivity index (χ4n) is 1.47. The van der Waals surface area contributed by atoms with E-state index in [9.17, 15) is 0 Å². The minimum Gasteiger partial charge on any atom is -0.493 e. The second kappa shape index (κ2) is 9.57. The van der Waals surface area contributed by atoms with Gasteiger partial charge in [0.05, 0.1) is 25.4 Å². The molecule has 0 atom stereocenters.